The van der Waals surface area contributed by atoms with E-state index in [4.69, 9.17) is 9.47 Å². The predicted molar refractivity (Wildman–Crippen MR) is 152 cm³/mol. The highest BCUT2D eigenvalue weighted by Gasteiger charge is 2.46. The fourth-order valence-electron chi connectivity index (χ4n) is 6.28. The van der Waals surface area contributed by atoms with Crippen molar-refractivity contribution >= 4 is 23.3 Å². The minimum absolute atomic E-state index is 0.0105. The number of Topliss-reactive ketones (excluding diaryl/α,β-unsaturated/α-hetero) is 1. The van der Waals surface area contributed by atoms with Crippen LogP contribution in [-0.4, -0.2) is 59.8 Å². The highest BCUT2D eigenvalue weighted by Crippen LogP contribution is 2.49. The predicted octanol–water partition coefficient (Wildman–Crippen LogP) is 5.77. The Hall–Kier alpha value is -4.19. The molecule has 0 unspecified atom stereocenters. The Morgan fingerprint density at radius 3 is 2.58 bits per heavy atom. The fourth-order valence-corrected chi connectivity index (χ4v) is 6.28. The van der Waals surface area contributed by atoms with Crippen molar-refractivity contribution < 1.29 is 32.2 Å². The third kappa shape index (κ3) is 5.88. The third-order valence-electron chi connectivity index (χ3n) is 8.73. The van der Waals surface area contributed by atoms with Gasteiger partial charge < -0.3 is 25.0 Å². The number of amides is 1. The number of methoxy groups -OCH3 is 1. The van der Waals surface area contributed by atoms with Crippen molar-refractivity contribution in [3.8, 4) is 17.4 Å². The lowest BCUT2D eigenvalue weighted by atomic mass is 9.60. The number of halogens is 3. The number of aryl methyl sites for hydroxylation is 1. The lowest BCUT2D eigenvalue weighted by molar-refractivity contribution is -0.139. The molecule has 12 heteroatoms. The Kier molecular flexibility index (Phi) is 7.49. The number of benzene rings is 2. The summed E-state index contributed by atoms with van der Waals surface area (Å²) in [7, 11) is 3.55. The van der Waals surface area contributed by atoms with Gasteiger partial charge in [0, 0.05) is 24.2 Å². The molecule has 6 rings (SSSR count). The summed E-state index contributed by atoms with van der Waals surface area (Å²) in [5.41, 5.74) is 0.869. The molecule has 1 spiro atoms. The summed E-state index contributed by atoms with van der Waals surface area (Å²) in [6.45, 7) is 2.16. The fraction of sp³-hybridized carbons (Fsp3) is 0.419. The Bertz CT molecular complexity index is 1560. The summed E-state index contributed by atoms with van der Waals surface area (Å²) in [6, 6.07) is 9.69. The van der Waals surface area contributed by atoms with Gasteiger partial charge in [-0.05, 0) is 87.5 Å². The molecule has 0 radical (unpaired) electrons. The van der Waals surface area contributed by atoms with Crippen LogP contribution in [0.1, 0.15) is 63.9 Å². The molecule has 0 atom stereocenters. The van der Waals surface area contributed by atoms with Crippen molar-refractivity contribution in [1.29, 1.82) is 0 Å². The Morgan fingerprint density at radius 1 is 1.09 bits per heavy atom. The van der Waals surface area contributed by atoms with Crippen molar-refractivity contribution in [2.24, 2.45) is 5.41 Å². The molecule has 3 aromatic rings. The maximum absolute atomic E-state index is 13.8. The van der Waals surface area contributed by atoms with E-state index in [1.54, 1.807) is 30.3 Å². The highest BCUT2D eigenvalue weighted by atomic mass is 19.4. The summed E-state index contributed by atoms with van der Waals surface area (Å²) in [5.74, 6) is -1.05. The van der Waals surface area contributed by atoms with Crippen molar-refractivity contribution in [2.45, 2.75) is 50.7 Å². The van der Waals surface area contributed by atoms with E-state index in [0.717, 1.165) is 44.3 Å². The quantitative estimate of drug-likeness (QED) is 0.355. The summed E-state index contributed by atoms with van der Waals surface area (Å²) >= 11 is 0. The Labute approximate surface area is 246 Å². The number of ether oxygens (including phenoxy) is 2. The van der Waals surface area contributed by atoms with E-state index in [9.17, 15) is 22.8 Å². The van der Waals surface area contributed by atoms with Crippen molar-refractivity contribution in [3.05, 3.63) is 64.8 Å². The SMILES string of the molecule is COc1cc(C(=O)NC2CC3(CCN(C)CC3)C2)ccc1Nc1ncc(C(F)(F)F)c(Oc2cccc3c2C(=O)CC3)n1. The molecular formula is C31H32F3N5O4. The van der Waals surface area contributed by atoms with Gasteiger partial charge >= 0.3 is 6.18 Å². The minimum atomic E-state index is -4.80. The largest absolute Gasteiger partial charge is 0.495 e. The van der Waals surface area contributed by atoms with Gasteiger partial charge in [0.2, 0.25) is 11.8 Å². The molecule has 3 aliphatic rings. The summed E-state index contributed by atoms with van der Waals surface area (Å²) in [6.07, 6.45) is 0.836. The molecule has 1 aliphatic heterocycles. The van der Waals surface area contributed by atoms with Gasteiger partial charge in [-0.15, -0.1) is 0 Å². The standard InChI is InChI=1S/C31H32F3N5O4/c1-39-12-10-30(11-13-39)15-20(16-30)36-27(41)19-6-8-22(25(14-19)42-2)37-29-35-17-21(31(32,33)34)28(38-29)43-24-5-3-4-18-7-9-23(40)26(18)24/h3-6,8,14,17,20H,7,9-13,15-16H2,1-2H3,(H,36,41)(H,35,37,38). The van der Waals surface area contributed by atoms with E-state index < -0.39 is 17.6 Å². The second-order valence-electron chi connectivity index (χ2n) is 11.6. The summed E-state index contributed by atoms with van der Waals surface area (Å²) in [5, 5.41) is 5.97. The van der Waals surface area contributed by atoms with Gasteiger partial charge in [-0.2, -0.15) is 18.2 Å². The van der Waals surface area contributed by atoms with Crippen LogP contribution in [0.3, 0.4) is 0 Å². The second-order valence-corrected chi connectivity index (χ2v) is 11.6. The zero-order valence-corrected chi connectivity index (χ0v) is 23.9. The van der Waals surface area contributed by atoms with Crippen LogP contribution in [-0.2, 0) is 12.6 Å². The first-order chi connectivity index (χ1) is 20.5. The number of carbonyl (C=O) groups excluding carboxylic acids is 2. The van der Waals surface area contributed by atoms with Gasteiger partial charge in [0.25, 0.3) is 5.91 Å². The van der Waals surface area contributed by atoms with Crippen LogP contribution >= 0.6 is 0 Å². The van der Waals surface area contributed by atoms with Crippen LogP contribution < -0.4 is 20.1 Å². The van der Waals surface area contributed by atoms with Gasteiger partial charge in [-0.1, -0.05) is 12.1 Å². The third-order valence-corrected chi connectivity index (χ3v) is 8.73. The first-order valence-electron chi connectivity index (χ1n) is 14.3. The molecule has 226 valence electrons. The number of likely N-dealkylation sites (tertiary alicyclic amines) is 1. The zero-order chi connectivity index (χ0) is 30.4. The monoisotopic (exact) mass is 595 g/mol. The van der Waals surface area contributed by atoms with Gasteiger partial charge in [0.1, 0.15) is 17.1 Å². The number of alkyl halides is 3. The molecule has 2 N–H and O–H groups in total. The average molecular weight is 596 g/mol. The van der Waals surface area contributed by atoms with E-state index >= 15 is 0 Å². The van der Waals surface area contributed by atoms with Crippen molar-refractivity contribution in [3.63, 3.8) is 0 Å². The molecule has 2 heterocycles. The zero-order valence-electron chi connectivity index (χ0n) is 23.9. The number of carbonyl (C=O) groups is 2. The first-order valence-corrected chi connectivity index (χ1v) is 14.3. The summed E-state index contributed by atoms with van der Waals surface area (Å²) < 4.78 is 52.6. The van der Waals surface area contributed by atoms with Crippen LogP contribution in [0.2, 0.25) is 0 Å². The number of nitrogens with zero attached hydrogens (tertiary/aromatic N) is 3. The van der Waals surface area contributed by atoms with Crippen LogP contribution in [0.4, 0.5) is 24.8 Å². The van der Waals surface area contributed by atoms with Gasteiger partial charge in [-0.25, -0.2) is 4.98 Å². The Balaban J connectivity index is 1.18. The number of hydrogen-bond donors (Lipinski definition) is 2. The van der Waals surface area contributed by atoms with Gasteiger partial charge in [0.05, 0.1) is 18.4 Å². The normalized spacial score (nSPS) is 18.2. The van der Waals surface area contributed by atoms with Crippen LogP contribution in [0, 0.1) is 5.41 Å². The van der Waals surface area contributed by atoms with E-state index in [2.05, 4.69) is 32.5 Å². The first kappa shape index (κ1) is 28.9. The second kappa shape index (κ2) is 11.1. The maximum atomic E-state index is 13.8. The number of rotatable bonds is 7. The molecule has 9 nitrogen and oxygen atoms in total. The van der Waals surface area contributed by atoms with Gasteiger partial charge in [0.15, 0.2) is 5.78 Å². The lowest BCUT2D eigenvalue weighted by Gasteiger charge is -2.52. The minimum Gasteiger partial charge on any atom is -0.495 e. The molecular weight excluding hydrogens is 563 g/mol. The van der Waals surface area contributed by atoms with Gasteiger partial charge in [-0.3, -0.25) is 9.59 Å². The molecule has 1 aromatic heterocycles. The van der Waals surface area contributed by atoms with E-state index in [1.165, 1.54) is 13.2 Å². The molecule has 2 aromatic carbocycles. The smallest absolute Gasteiger partial charge is 0.423 e. The van der Waals surface area contributed by atoms with Crippen LogP contribution in [0.15, 0.2) is 42.6 Å². The molecule has 1 saturated carbocycles. The van der Waals surface area contributed by atoms with Crippen molar-refractivity contribution in [1.82, 2.24) is 20.2 Å². The number of hydrogen-bond acceptors (Lipinski definition) is 8. The van der Waals surface area contributed by atoms with E-state index in [1.807, 2.05) is 0 Å². The summed E-state index contributed by atoms with van der Waals surface area (Å²) in [4.78, 5) is 35.6. The number of piperidine rings is 1. The van der Waals surface area contributed by atoms with Crippen LogP contribution in [0.25, 0.3) is 0 Å². The number of ketones is 1. The molecule has 1 amide bonds. The number of fused-ring (bicyclic) bond motifs is 1. The molecule has 2 aliphatic carbocycles. The Morgan fingerprint density at radius 2 is 1.86 bits per heavy atom. The lowest BCUT2D eigenvalue weighted by Crippen LogP contribution is -2.54. The topological polar surface area (TPSA) is 106 Å². The van der Waals surface area contributed by atoms with Crippen LogP contribution in [0.5, 0.6) is 17.4 Å². The number of aromatic nitrogens is 2. The molecule has 0 bridgehead atoms. The maximum Gasteiger partial charge on any atom is 0.423 e. The van der Waals surface area contributed by atoms with E-state index in [0.29, 0.717) is 29.3 Å². The molecule has 43 heavy (non-hydrogen) atoms. The van der Waals surface area contributed by atoms with Crippen molar-refractivity contribution in [2.75, 3.05) is 32.6 Å². The molecule has 2 fully saturated rings. The highest BCUT2D eigenvalue weighted by molar-refractivity contribution is 6.03. The number of nitrogens with one attached hydrogen (secondary N) is 2. The number of anilines is 2. The molecule has 1 saturated heterocycles. The average Bonchev–Trinajstić information content (AvgIpc) is 3.34. The van der Waals surface area contributed by atoms with E-state index in [-0.39, 0.29) is 47.2 Å².